The lowest BCUT2D eigenvalue weighted by Gasteiger charge is -2.23. The van der Waals surface area contributed by atoms with E-state index in [1.165, 1.54) is 0 Å². The van der Waals surface area contributed by atoms with E-state index in [4.69, 9.17) is 5.41 Å². The minimum Gasteiger partial charge on any atom is -0.352 e. The van der Waals surface area contributed by atoms with Gasteiger partial charge in [-0.05, 0) is 32.6 Å². The molecule has 3 N–H and O–H groups in total. The number of rotatable bonds is 1. The fraction of sp³-hybridized carbons (Fsp3) is 0.714. The van der Waals surface area contributed by atoms with Crippen LogP contribution in [0.1, 0.15) is 12.8 Å². The molecule has 1 fully saturated rings. The van der Waals surface area contributed by atoms with Gasteiger partial charge in [-0.3, -0.25) is 5.41 Å². The van der Waals surface area contributed by atoms with Gasteiger partial charge in [-0.15, -0.1) is 0 Å². The van der Waals surface area contributed by atoms with Gasteiger partial charge in [0.05, 0.1) is 0 Å². The summed E-state index contributed by atoms with van der Waals surface area (Å²) >= 11 is 0. The van der Waals surface area contributed by atoms with Crippen molar-refractivity contribution in [3.8, 4) is 0 Å². The van der Waals surface area contributed by atoms with Gasteiger partial charge in [-0.25, -0.2) is 4.99 Å². The Hall–Kier alpha value is -0.900. The smallest absolute Gasteiger partial charge is 0.214 e. The van der Waals surface area contributed by atoms with Crippen molar-refractivity contribution in [1.29, 1.82) is 5.41 Å². The summed E-state index contributed by atoms with van der Waals surface area (Å²) in [5.74, 6) is 0.192. The molecule has 1 rings (SSSR count). The zero-order valence-electron chi connectivity index (χ0n) is 6.56. The minimum atomic E-state index is 0.192. The van der Waals surface area contributed by atoms with Crippen molar-refractivity contribution < 1.29 is 0 Å². The van der Waals surface area contributed by atoms with Crippen LogP contribution in [0.4, 0.5) is 0 Å². The van der Waals surface area contributed by atoms with Crippen LogP contribution in [-0.4, -0.2) is 31.8 Å². The number of piperidine rings is 1. The zero-order valence-corrected chi connectivity index (χ0v) is 6.56. The zero-order chi connectivity index (χ0) is 8.10. The highest BCUT2D eigenvalue weighted by molar-refractivity contribution is 5.81. The fourth-order valence-corrected chi connectivity index (χ4v) is 1.21. The van der Waals surface area contributed by atoms with Crippen molar-refractivity contribution in [1.82, 2.24) is 10.6 Å². The molecule has 1 saturated heterocycles. The first kappa shape index (κ1) is 8.20. The van der Waals surface area contributed by atoms with Gasteiger partial charge in [-0.2, -0.15) is 0 Å². The third-order valence-corrected chi connectivity index (χ3v) is 1.84. The average Bonchev–Trinajstić information content (AvgIpc) is 2.06. The van der Waals surface area contributed by atoms with Gasteiger partial charge in [0.2, 0.25) is 5.96 Å². The van der Waals surface area contributed by atoms with E-state index in [0.29, 0.717) is 6.04 Å². The number of hydrogen-bond acceptors (Lipinski definition) is 2. The molecule has 0 saturated carbocycles. The van der Waals surface area contributed by atoms with Crippen LogP contribution < -0.4 is 10.6 Å². The summed E-state index contributed by atoms with van der Waals surface area (Å²) < 4.78 is 0. The quantitative estimate of drug-likeness (QED) is 0.367. The molecule has 0 unspecified atom stereocenters. The molecule has 0 aromatic heterocycles. The topological polar surface area (TPSA) is 60.3 Å². The second kappa shape index (κ2) is 4.08. The van der Waals surface area contributed by atoms with Crippen molar-refractivity contribution in [2.24, 2.45) is 4.99 Å². The molecule has 0 amide bonds. The summed E-state index contributed by atoms with van der Waals surface area (Å²) in [6.45, 7) is 5.33. The van der Waals surface area contributed by atoms with E-state index in [2.05, 4.69) is 22.3 Å². The van der Waals surface area contributed by atoms with E-state index in [0.717, 1.165) is 25.9 Å². The maximum Gasteiger partial charge on any atom is 0.214 e. The van der Waals surface area contributed by atoms with Gasteiger partial charge in [0.15, 0.2) is 0 Å². The van der Waals surface area contributed by atoms with Crippen molar-refractivity contribution in [2.75, 3.05) is 13.1 Å². The second-order valence-corrected chi connectivity index (χ2v) is 2.68. The lowest BCUT2D eigenvalue weighted by atomic mass is 10.1. The first-order valence-electron chi connectivity index (χ1n) is 3.85. The molecule has 1 aliphatic heterocycles. The van der Waals surface area contributed by atoms with Gasteiger partial charge in [0.25, 0.3) is 0 Å². The molecule has 62 valence electrons. The normalized spacial score (nSPS) is 19.3. The van der Waals surface area contributed by atoms with Crippen LogP contribution in [0.15, 0.2) is 4.99 Å². The van der Waals surface area contributed by atoms with E-state index < -0.39 is 0 Å². The molecule has 0 bridgehead atoms. The van der Waals surface area contributed by atoms with Crippen LogP contribution in [0.2, 0.25) is 0 Å². The summed E-state index contributed by atoms with van der Waals surface area (Å²) in [5.41, 5.74) is 0. The van der Waals surface area contributed by atoms with Gasteiger partial charge in [-0.1, -0.05) is 0 Å². The highest BCUT2D eigenvalue weighted by Crippen LogP contribution is 2.01. The van der Waals surface area contributed by atoms with E-state index in [1.807, 2.05) is 0 Å². The lowest BCUT2D eigenvalue weighted by Crippen LogP contribution is -2.41. The highest BCUT2D eigenvalue weighted by Gasteiger charge is 2.12. The van der Waals surface area contributed by atoms with Crippen molar-refractivity contribution in [3.63, 3.8) is 0 Å². The first-order chi connectivity index (χ1) is 5.33. The van der Waals surface area contributed by atoms with Gasteiger partial charge in [0.1, 0.15) is 0 Å². The molecule has 0 aromatic carbocycles. The Kier molecular flexibility index (Phi) is 3.04. The van der Waals surface area contributed by atoms with Crippen molar-refractivity contribution in [2.45, 2.75) is 18.9 Å². The Morgan fingerprint density at radius 2 is 2.18 bits per heavy atom. The van der Waals surface area contributed by atoms with Crippen LogP contribution >= 0.6 is 0 Å². The van der Waals surface area contributed by atoms with Crippen molar-refractivity contribution >= 4 is 12.7 Å². The van der Waals surface area contributed by atoms with Crippen molar-refractivity contribution in [3.05, 3.63) is 0 Å². The Labute approximate surface area is 66.6 Å². The molecule has 4 nitrogen and oxygen atoms in total. The number of nitrogens with one attached hydrogen (secondary N) is 3. The summed E-state index contributed by atoms with van der Waals surface area (Å²) in [5, 5.41) is 13.4. The number of hydrogen-bond donors (Lipinski definition) is 3. The maximum absolute atomic E-state index is 7.21. The molecular weight excluding hydrogens is 140 g/mol. The molecule has 4 heteroatoms. The predicted octanol–water partition coefficient (Wildman–Crippen LogP) is -0.0366. The maximum atomic E-state index is 7.21. The third kappa shape index (κ3) is 2.67. The SMILES string of the molecule is C=NC(=N)NC1CCNCC1. The predicted molar refractivity (Wildman–Crippen MR) is 46.3 cm³/mol. The van der Waals surface area contributed by atoms with Crippen LogP contribution in [0.5, 0.6) is 0 Å². The lowest BCUT2D eigenvalue weighted by molar-refractivity contribution is 0.428. The fourth-order valence-electron chi connectivity index (χ4n) is 1.21. The van der Waals surface area contributed by atoms with Gasteiger partial charge in [0, 0.05) is 6.04 Å². The molecule has 1 heterocycles. The minimum absolute atomic E-state index is 0.192. The Bertz CT molecular complexity index is 149. The molecule has 0 radical (unpaired) electrons. The number of nitrogens with zero attached hydrogens (tertiary/aromatic N) is 1. The Morgan fingerprint density at radius 1 is 1.55 bits per heavy atom. The summed E-state index contributed by atoms with van der Waals surface area (Å²) in [4.78, 5) is 3.48. The van der Waals surface area contributed by atoms with Gasteiger partial charge >= 0.3 is 0 Å². The second-order valence-electron chi connectivity index (χ2n) is 2.68. The average molecular weight is 154 g/mol. The van der Waals surface area contributed by atoms with E-state index in [1.54, 1.807) is 0 Å². The summed E-state index contributed by atoms with van der Waals surface area (Å²) in [7, 11) is 0. The number of aliphatic imine (C=N–C) groups is 1. The summed E-state index contributed by atoms with van der Waals surface area (Å²) in [6, 6.07) is 0.411. The molecule has 0 atom stereocenters. The summed E-state index contributed by atoms with van der Waals surface area (Å²) in [6.07, 6.45) is 2.13. The largest absolute Gasteiger partial charge is 0.352 e. The van der Waals surface area contributed by atoms with E-state index >= 15 is 0 Å². The monoisotopic (exact) mass is 154 g/mol. The Morgan fingerprint density at radius 3 is 2.73 bits per heavy atom. The number of guanidine groups is 1. The van der Waals surface area contributed by atoms with Gasteiger partial charge < -0.3 is 10.6 Å². The Balaban J connectivity index is 2.24. The third-order valence-electron chi connectivity index (χ3n) is 1.84. The molecule has 0 spiro atoms. The highest BCUT2D eigenvalue weighted by atomic mass is 15.1. The van der Waals surface area contributed by atoms with Crippen LogP contribution in [0.25, 0.3) is 0 Å². The van der Waals surface area contributed by atoms with Crippen LogP contribution in [0, 0.1) is 5.41 Å². The molecule has 0 aliphatic carbocycles. The van der Waals surface area contributed by atoms with Crippen LogP contribution in [0.3, 0.4) is 0 Å². The van der Waals surface area contributed by atoms with E-state index in [-0.39, 0.29) is 5.96 Å². The molecule has 11 heavy (non-hydrogen) atoms. The molecule has 1 aliphatic rings. The van der Waals surface area contributed by atoms with E-state index in [9.17, 15) is 0 Å². The molecular formula is C7H14N4. The van der Waals surface area contributed by atoms with Crippen LogP contribution in [-0.2, 0) is 0 Å². The standard InChI is InChI=1S/C7H14N4/c1-9-7(8)11-6-2-4-10-5-3-6/h6,10H,1-5H2,(H2,8,11). The molecule has 0 aromatic rings. The first-order valence-corrected chi connectivity index (χ1v) is 3.85.